The van der Waals surface area contributed by atoms with Gasteiger partial charge >= 0.3 is 0 Å². The summed E-state index contributed by atoms with van der Waals surface area (Å²) in [5.41, 5.74) is 0. The molecule has 2 heterocycles. The minimum Gasteiger partial charge on any atom is -0.381 e. The molecule has 2 aliphatic heterocycles. The van der Waals surface area contributed by atoms with E-state index in [0.29, 0.717) is 12.1 Å². The number of carbonyl (C=O) groups is 1. The molecule has 1 amide bonds. The van der Waals surface area contributed by atoms with E-state index in [0.717, 1.165) is 78.1 Å². The number of ether oxygens (including phenoxy) is 2. The molecule has 0 aromatic heterocycles. The van der Waals surface area contributed by atoms with Crippen LogP contribution in [0.5, 0.6) is 0 Å². The lowest BCUT2D eigenvalue weighted by atomic mass is 10.1. The Kier molecular flexibility index (Phi) is 12.2. The van der Waals surface area contributed by atoms with Gasteiger partial charge in [-0.3, -0.25) is 4.79 Å². The van der Waals surface area contributed by atoms with Crippen LogP contribution in [0.15, 0.2) is 4.99 Å². The first-order chi connectivity index (χ1) is 11.8. The van der Waals surface area contributed by atoms with E-state index in [1.807, 2.05) is 11.8 Å². The molecule has 0 aromatic carbocycles. The van der Waals surface area contributed by atoms with Gasteiger partial charge in [0.05, 0.1) is 6.10 Å². The van der Waals surface area contributed by atoms with E-state index >= 15 is 0 Å². The van der Waals surface area contributed by atoms with Crippen molar-refractivity contribution in [1.82, 2.24) is 15.5 Å². The lowest BCUT2D eigenvalue weighted by Crippen LogP contribution is -2.39. The van der Waals surface area contributed by atoms with E-state index in [4.69, 9.17) is 9.47 Å². The first-order valence-corrected chi connectivity index (χ1v) is 9.29. The van der Waals surface area contributed by atoms with Crippen LogP contribution in [-0.4, -0.2) is 75.4 Å². The molecular formula is C17H33IN4O3. The molecule has 25 heavy (non-hydrogen) atoms. The van der Waals surface area contributed by atoms with E-state index in [1.165, 1.54) is 0 Å². The van der Waals surface area contributed by atoms with Crippen LogP contribution in [0.2, 0.25) is 0 Å². The maximum atomic E-state index is 12.0. The predicted molar refractivity (Wildman–Crippen MR) is 110 cm³/mol. The Balaban J connectivity index is 0.00000312. The van der Waals surface area contributed by atoms with Gasteiger partial charge in [0.15, 0.2) is 5.96 Å². The van der Waals surface area contributed by atoms with Crippen LogP contribution in [0.4, 0.5) is 0 Å². The van der Waals surface area contributed by atoms with E-state index in [-0.39, 0.29) is 36.4 Å². The third-order valence-corrected chi connectivity index (χ3v) is 4.31. The summed E-state index contributed by atoms with van der Waals surface area (Å²) in [6.45, 7) is 7.92. The van der Waals surface area contributed by atoms with Crippen molar-refractivity contribution < 1.29 is 14.3 Å². The Morgan fingerprint density at radius 2 is 1.96 bits per heavy atom. The number of halogens is 1. The zero-order valence-corrected chi connectivity index (χ0v) is 17.6. The maximum absolute atomic E-state index is 12.0. The van der Waals surface area contributed by atoms with Gasteiger partial charge in [-0.1, -0.05) is 0 Å². The highest BCUT2D eigenvalue weighted by atomic mass is 127. The standard InChI is InChI=1S/C17H32N4O3.HI/c1-2-18-17(20-14-16(22)21-9-3-4-10-21)19-8-5-11-24-15-6-12-23-13-7-15;/h15H,2-14H2,1H3,(H2,18,19,20);1H. The Morgan fingerprint density at radius 3 is 2.64 bits per heavy atom. The van der Waals surface area contributed by atoms with Gasteiger partial charge in [0.1, 0.15) is 6.54 Å². The highest BCUT2D eigenvalue weighted by molar-refractivity contribution is 14.0. The molecule has 0 aromatic rings. The molecule has 0 radical (unpaired) electrons. The Bertz CT molecular complexity index is 397. The topological polar surface area (TPSA) is 75.2 Å². The maximum Gasteiger partial charge on any atom is 0.244 e. The van der Waals surface area contributed by atoms with Gasteiger partial charge in [-0.05, 0) is 39.0 Å². The van der Waals surface area contributed by atoms with Crippen molar-refractivity contribution in [3.05, 3.63) is 0 Å². The van der Waals surface area contributed by atoms with Crippen LogP contribution in [-0.2, 0) is 14.3 Å². The monoisotopic (exact) mass is 468 g/mol. The van der Waals surface area contributed by atoms with Gasteiger partial charge < -0.3 is 25.0 Å². The minimum atomic E-state index is 0. The Morgan fingerprint density at radius 1 is 1.24 bits per heavy atom. The minimum absolute atomic E-state index is 0. The number of nitrogens with one attached hydrogen (secondary N) is 2. The summed E-state index contributed by atoms with van der Waals surface area (Å²) < 4.78 is 11.2. The normalized spacial score (nSPS) is 18.8. The van der Waals surface area contributed by atoms with E-state index in [2.05, 4.69) is 15.6 Å². The summed E-state index contributed by atoms with van der Waals surface area (Å²) in [7, 11) is 0. The highest BCUT2D eigenvalue weighted by Gasteiger charge is 2.17. The zero-order chi connectivity index (χ0) is 17.0. The van der Waals surface area contributed by atoms with Crippen LogP contribution in [0.1, 0.15) is 39.0 Å². The number of carbonyl (C=O) groups excluding carboxylic acids is 1. The van der Waals surface area contributed by atoms with Crippen LogP contribution >= 0.6 is 24.0 Å². The first kappa shape index (κ1) is 22.4. The molecule has 2 fully saturated rings. The number of hydrogen-bond donors (Lipinski definition) is 2. The number of aliphatic imine (C=N–C) groups is 1. The molecular weight excluding hydrogens is 435 g/mol. The van der Waals surface area contributed by atoms with Gasteiger partial charge in [-0.15, -0.1) is 24.0 Å². The third-order valence-electron chi connectivity index (χ3n) is 4.31. The largest absolute Gasteiger partial charge is 0.381 e. The second-order valence-electron chi connectivity index (χ2n) is 6.25. The van der Waals surface area contributed by atoms with Gasteiger partial charge in [0.2, 0.25) is 5.91 Å². The van der Waals surface area contributed by atoms with Crippen molar-refractivity contribution in [2.24, 2.45) is 4.99 Å². The molecule has 2 aliphatic rings. The average Bonchev–Trinajstić information content (AvgIpc) is 3.14. The summed E-state index contributed by atoms with van der Waals surface area (Å²) in [5.74, 6) is 0.823. The molecule has 2 rings (SSSR count). The van der Waals surface area contributed by atoms with Gasteiger partial charge in [0.25, 0.3) is 0 Å². The van der Waals surface area contributed by atoms with Gasteiger partial charge in [0, 0.05) is 46.0 Å². The molecule has 146 valence electrons. The molecule has 7 nitrogen and oxygen atoms in total. The predicted octanol–water partition coefficient (Wildman–Crippen LogP) is 1.37. The number of guanidine groups is 1. The lowest BCUT2D eigenvalue weighted by Gasteiger charge is -2.22. The third kappa shape index (κ3) is 9.05. The van der Waals surface area contributed by atoms with Crippen molar-refractivity contribution in [3.63, 3.8) is 0 Å². The van der Waals surface area contributed by atoms with Crippen molar-refractivity contribution in [1.29, 1.82) is 0 Å². The van der Waals surface area contributed by atoms with Crippen molar-refractivity contribution in [3.8, 4) is 0 Å². The van der Waals surface area contributed by atoms with Crippen molar-refractivity contribution in [2.75, 3.05) is 52.5 Å². The molecule has 0 saturated carbocycles. The molecule has 8 heteroatoms. The number of amides is 1. The van der Waals surface area contributed by atoms with Crippen LogP contribution in [0.25, 0.3) is 0 Å². The van der Waals surface area contributed by atoms with Crippen LogP contribution < -0.4 is 10.6 Å². The van der Waals surface area contributed by atoms with E-state index in [9.17, 15) is 4.79 Å². The molecule has 0 bridgehead atoms. The van der Waals surface area contributed by atoms with Gasteiger partial charge in [-0.2, -0.15) is 0 Å². The van der Waals surface area contributed by atoms with Crippen molar-refractivity contribution in [2.45, 2.75) is 45.1 Å². The number of nitrogens with zero attached hydrogens (tertiary/aromatic N) is 2. The Labute approximate surface area is 168 Å². The zero-order valence-electron chi connectivity index (χ0n) is 15.3. The van der Waals surface area contributed by atoms with Gasteiger partial charge in [-0.25, -0.2) is 4.99 Å². The number of hydrogen-bond acceptors (Lipinski definition) is 4. The summed E-state index contributed by atoms with van der Waals surface area (Å²) in [6.07, 6.45) is 5.48. The summed E-state index contributed by atoms with van der Waals surface area (Å²) in [4.78, 5) is 18.3. The second-order valence-corrected chi connectivity index (χ2v) is 6.25. The summed E-state index contributed by atoms with van der Waals surface area (Å²) in [6, 6.07) is 0. The lowest BCUT2D eigenvalue weighted by molar-refractivity contribution is -0.128. The average molecular weight is 468 g/mol. The molecule has 0 atom stereocenters. The SMILES string of the molecule is CCNC(=NCC(=O)N1CCCC1)NCCCOC1CCOCC1.I. The fraction of sp³-hybridized carbons (Fsp3) is 0.882. The van der Waals surface area contributed by atoms with Crippen molar-refractivity contribution >= 4 is 35.8 Å². The molecule has 0 spiro atoms. The molecule has 2 N–H and O–H groups in total. The van der Waals surface area contributed by atoms with E-state index in [1.54, 1.807) is 0 Å². The molecule has 2 saturated heterocycles. The second kappa shape index (κ2) is 13.6. The quantitative estimate of drug-likeness (QED) is 0.244. The summed E-state index contributed by atoms with van der Waals surface area (Å²) >= 11 is 0. The van der Waals surface area contributed by atoms with E-state index < -0.39 is 0 Å². The smallest absolute Gasteiger partial charge is 0.244 e. The fourth-order valence-electron chi connectivity index (χ4n) is 2.93. The summed E-state index contributed by atoms with van der Waals surface area (Å²) in [5, 5.41) is 6.45. The number of rotatable bonds is 8. The molecule has 0 aliphatic carbocycles. The van der Waals surface area contributed by atoms with Crippen LogP contribution in [0, 0.1) is 0 Å². The highest BCUT2D eigenvalue weighted by Crippen LogP contribution is 2.10. The van der Waals surface area contributed by atoms with Crippen LogP contribution in [0.3, 0.4) is 0 Å². The Hall–Kier alpha value is -0.610. The molecule has 0 unspecified atom stereocenters. The number of likely N-dealkylation sites (tertiary alicyclic amines) is 1. The first-order valence-electron chi connectivity index (χ1n) is 9.29. The fourth-order valence-corrected chi connectivity index (χ4v) is 2.93.